The Hall–Kier alpha value is -3.57. The van der Waals surface area contributed by atoms with Crippen LogP contribution in [0, 0.1) is 5.92 Å². The highest BCUT2D eigenvalue weighted by atomic mass is 32.1. The lowest BCUT2D eigenvalue weighted by molar-refractivity contribution is 0.0494. The fourth-order valence-corrected chi connectivity index (χ4v) is 6.88. The molecule has 2 bridgehead atoms. The maximum atomic E-state index is 13.1. The average Bonchev–Trinajstić information content (AvgIpc) is 3.59. The van der Waals surface area contributed by atoms with Crippen molar-refractivity contribution in [3.63, 3.8) is 0 Å². The summed E-state index contributed by atoms with van der Waals surface area (Å²) < 4.78 is 3.47. The molecular formula is C25H26N8O2S. The summed E-state index contributed by atoms with van der Waals surface area (Å²) in [5, 5.41) is 12.4. The van der Waals surface area contributed by atoms with E-state index in [1.807, 2.05) is 19.4 Å². The number of aromatic amines is 1. The lowest BCUT2D eigenvalue weighted by Gasteiger charge is -2.45. The lowest BCUT2D eigenvalue weighted by Crippen LogP contribution is -2.50. The van der Waals surface area contributed by atoms with Crippen molar-refractivity contribution in [3.8, 4) is 10.4 Å². The molecule has 1 saturated carbocycles. The molecule has 7 heterocycles. The zero-order chi connectivity index (χ0) is 24.4. The third-order valence-corrected chi connectivity index (χ3v) is 8.81. The molecule has 3 fully saturated rings. The molecule has 184 valence electrons. The summed E-state index contributed by atoms with van der Waals surface area (Å²) in [6.45, 7) is 2.63. The number of nitrogens with zero attached hydrogens (tertiary/aromatic N) is 6. The average molecular weight is 503 g/mol. The summed E-state index contributed by atoms with van der Waals surface area (Å²) in [6.07, 6.45) is 12.4. The van der Waals surface area contributed by atoms with Gasteiger partial charge < -0.3 is 10.3 Å². The zero-order valence-corrected chi connectivity index (χ0v) is 20.7. The van der Waals surface area contributed by atoms with E-state index >= 15 is 0 Å². The molecule has 1 aliphatic carbocycles. The number of H-pyrrole nitrogens is 1. The van der Waals surface area contributed by atoms with Crippen molar-refractivity contribution in [2.24, 2.45) is 13.0 Å². The summed E-state index contributed by atoms with van der Waals surface area (Å²) in [5.74, 6) is 0.642. The molecule has 0 radical (unpaired) electrons. The Labute approximate surface area is 209 Å². The summed E-state index contributed by atoms with van der Waals surface area (Å²) in [4.78, 5) is 37.6. The Bertz CT molecular complexity index is 1690. The third kappa shape index (κ3) is 3.53. The maximum Gasteiger partial charge on any atom is 0.261 e. The molecule has 5 aromatic heterocycles. The van der Waals surface area contributed by atoms with E-state index in [1.165, 1.54) is 37.0 Å². The van der Waals surface area contributed by atoms with Crippen LogP contribution in [0.2, 0.25) is 0 Å². The number of hydrogen-bond acceptors (Lipinski definition) is 7. The van der Waals surface area contributed by atoms with E-state index in [2.05, 4.69) is 30.4 Å². The molecule has 0 aromatic carbocycles. The number of rotatable bonds is 5. The molecule has 1 amide bonds. The summed E-state index contributed by atoms with van der Waals surface area (Å²) in [7, 11) is 1.87. The highest BCUT2D eigenvalue weighted by molar-refractivity contribution is 7.21. The van der Waals surface area contributed by atoms with Gasteiger partial charge in [0.1, 0.15) is 21.3 Å². The van der Waals surface area contributed by atoms with Crippen LogP contribution < -0.4 is 10.9 Å². The number of carbonyl (C=O) groups is 1. The van der Waals surface area contributed by atoms with Crippen LogP contribution in [0.1, 0.15) is 36.0 Å². The highest BCUT2D eigenvalue weighted by Crippen LogP contribution is 2.35. The first-order valence-electron chi connectivity index (χ1n) is 12.4. The fraction of sp³-hybridized carbons (Fsp3) is 0.400. The first-order chi connectivity index (χ1) is 17.5. The quantitative estimate of drug-likeness (QED) is 0.382. The Morgan fingerprint density at radius 1 is 1.19 bits per heavy atom. The predicted molar refractivity (Wildman–Crippen MR) is 138 cm³/mol. The van der Waals surface area contributed by atoms with E-state index in [0.29, 0.717) is 40.1 Å². The van der Waals surface area contributed by atoms with E-state index in [4.69, 9.17) is 0 Å². The Kier molecular flexibility index (Phi) is 4.97. The van der Waals surface area contributed by atoms with E-state index in [1.54, 1.807) is 27.7 Å². The Morgan fingerprint density at radius 3 is 2.81 bits per heavy atom. The smallest absolute Gasteiger partial charge is 0.261 e. The van der Waals surface area contributed by atoms with Crippen LogP contribution in [-0.4, -0.2) is 65.8 Å². The second-order valence-corrected chi connectivity index (χ2v) is 11.0. The van der Waals surface area contributed by atoms with Gasteiger partial charge in [0.2, 0.25) is 0 Å². The molecule has 0 spiro atoms. The first-order valence-corrected chi connectivity index (χ1v) is 13.2. The number of aromatic nitrogens is 6. The van der Waals surface area contributed by atoms with E-state index in [9.17, 15) is 9.59 Å². The van der Waals surface area contributed by atoms with Crippen molar-refractivity contribution in [1.29, 1.82) is 0 Å². The fourth-order valence-electron chi connectivity index (χ4n) is 5.82. The third-order valence-electron chi connectivity index (χ3n) is 7.66. The van der Waals surface area contributed by atoms with Gasteiger partial charge in [0.15, 0.2) is 0 Å². The second-order valence-electron chi connectivity index (χ2n) is 9.97. The molecule has 8 rings (SSSR count). The SMILES string of the molecule is Cn1cc(-c2cn3nc4c5ncc(C(=O)NCCN6CC7CCC6CC7)cc5[nH]c(=O)c4c3s2)cn1. The van der Waals surface area contributed by atoms with Gasteiger partial charge in [-0.1, -0.05) is 0 Å². The molecule has 2 saturated heterocycles. The summed E-state index contributed by atoms with van der Waals surface area (Å²) in [6, 6.07) is 2.36. The molecule has 2 N–H and O–H groups in total. The number of carbonyl (C=O) groups excluding carboxylic acids is 1. The Balaban J connectivity index is 1.14. The van der Waals surface area contributed by atoms with Crippen LogP contribution in [-0.2, 0) is 7.05 Å². The number of thiazole rings is 1. The van der Waals surface area contributed by atoms with Gasteiger partial charge in [-0.3, -0.25) is 24.2 Å². The molecular weight excluding hydrogens is 476 g/mol. The zero-order valence-electron chi connectivity index (χ0n) is 19.9. The van der Waals surface area contributed by atoms with Crippen molar-refractivity contribution < 1.29 is 4.79 Å². The number of nitrogens with one attached hydrogen (secondary N) is 2. The number of hydrogen-bond donors (Lipinski definition) is 2. The number of amides is 1. The minimum absolute atomic E-state index is 0.181. The molecule has 3 aliphatic rings. The van der Waals surface area contributed by atoms with Crippen molar-refractivity contribution in [2.45, 2.75) is 31.7 Å². The number of aryl methyl sites for hydroxylation is 1. The van der Waals surface area contributed by atoms with Crippen molar-refractivity contribution in [3.05, 3.63) is 46.8 Å². The number of pyridine rings is 2. The van der Waals surface area contributed by atoms with Crippen LogP contribution in [0.4, 0.5) is 0 Å². The molecule has 5 aromatic rings. The minimum atomic E-state index is -0.244. The topological polar surface area (TPSA) is 113 Å². The largest absolute Gasteiger partial charge is 0.351 e. The van der Waals surface area contributed by atoms with E-state index in [-0.39, 0.29) is 11.5 Å². The lowest BCUT2D eigenvalue weighted by atomic mass is 9.80. The van der Waals surface area contributed by atoms with Gasteiger partial charge in [-0.05, 0) is 37.7 Å². The van der Waals surface area contributed by atoms with Gasteiger partial charge in [0, 0.05) is 56.9 Å². The van der Waals surface area contributed by atoms with Crippen LogP contribution in [0.15, 0.2) is 35.6 Å². The maximum absolute atomic E-state index is 13.1. The van der Waals surface area contributed by atoms with Crippen molar-refractivity contribution in [1.82, 2.24) is 39.6 Å². The van der Waals surface area contributed by atoms with Crippen LogP contribution >= 0.6 is 11.3 Å². The highest BCUT2D eigenvalue weighted by Gasteiger charge is 2.33. The van der Waals surface area contributed by atoms with Gasteiger partial charge in [0.25, 0.3) is 11.5 Å². The minimum Gasteiger partial charge on any atom is -0.351 e. The van der Waals surface area contributed by atoms with Crippen LogP contribution in [0.25, 0.3) is 37.2 Å². The molecule has 0 atom stereocenters. The second kappa shape index (κ2) is 8.24. The van der Waals surface area contributed by atoms with E-state index in [0.717, 1.165) is 34.3 Å². The summed E-state index contributed by atoms with van der Waals surface area (Å²) in [5.41, 5.74) is 2.77. The molecule has 36 heavy (non-hydrogen) atoms. The van der Waals surface area contributed by atoms with Crippen molar-refractivity contribution >= 4 is 44.0 Å². The molecule has 2 aliphatic heterocycles. The molecule has 10 nitrogen and oxygen atoms in total. The van der Waals surface area contributed by atoms with Crippen LogP contribution in [0.3, 0.4) is 0 Å². The standard InChI is InChI=1S/C25H26N8O2S/c1-31-12-16(10-28-31)19-13-33-25(36-19)20-22(30-33)21-18(29-24(20)35)8-15(9-27-21)23(34)26-6-7-32-11-14-2-4-17(32)5-3-14/h8-10,12-14,17H,2-7,11H2,1H3,(H,26,34)(H,29,35). The van der Waals surface area contributed by atoms with Gasteiger partial charge in [-0.15, -0.1) is 11.3 Å². The normalized spacial score (nSPS) is 20.1. The summed E-state index contributed by atoms with van der Waals surface area (Å²) >= 11 is 1.49. The van der Waals surface area contributed by atoms with Crippen molar-refractivity contribution in [2.75, 3.05) is 19.6 Å². The first kappa shape index (κ1) is 21.7. The van der Waals surface area contributed by atoms with E-state index < -0.39 is 0 Å². The number of piperidine rings is 2. The molecule has 11 heteroatoms. The van der Waals surface area contributed by atoms with Crippen LogP contribution in [0.5, 0.6) is 0 Å². The predicted octanol–water partition coefficient (Wildman–Crippen LogP) is 2.79. The van der Waals surface area contributed by atoms with Gasteiger partial charge in [-0.25, -0.2) is 4.52 Å². The van der Waals surface area contributed by atoms with Gasteiger partial charge in [0.05, 0.1) is 22.2 Å². The Morgan fingerprint density at radius 2 is 2.06 bits per heavy atom. The molecule has 0 unspecified atom stereocenters. The monoisotopic (exact) mass is 502 g/mol. The number of fused-ring (bicyclic) bond motifs is 8. The van der Waals surface area contributed by atoms with Gasteiger partial charge >= 0.3 is 0 Å². The van der Waals surface area contributed by atoms with Gasteiger partial charge in [-0.2, -0.15) is 10.2 Å².